The van der Waals surface area contributed by atoms with E-state index in [0.29, 0.717) is 16.6 Å². The van der Waals surface area contributed by atoms with Crippen LogP contribution >= 0.6 is 11.8 Å². The first kappa shape index (κ1) is 11.2. The van der Waals surface area contributed by atoms with E-state index in [1.54, 1.807) is 6.07 Å². The van der Waals surface area contributed by atoms with Gasteiger partial charge in [-0.2, -0.15) is 0 Å². The molecule has 0 aromatic carbocycles. The van der Waals surface area contributed by atoms with Crippen molar-refractivity contribution in [1.82, 2.24) is 4.57 Å². The van der Waals surface area contributed by atoms with Gasteiger partial charge < -0.3 is 10.3 Å². The zero-order valence-corrected chi connectivity index (χ0v) is 9.60. The average molecular weight is 212 g/mol. The van der Waals surface area contributed by atoms with Crippen LogP contribution in [0.15, 0.2) is 12.3 Å². The van der Waals surface area contributed by atoms with Crippen LogP contribution in [-0.4, -0.2) is 14.9 Å². The Bertz CT molecular complexity index is 331. The Hall–Kier alpha value is -0.900. The summed E-state index contributed by atoms with van der Waals surface area (Å²) >= 11 is 1.31. The van der Waals surface area contributed by atoms with Gasteiger partial charge in [0.15, 0.2) is 0 Å². The molecule has 2 N–H and O–H groups in total. The van der Waals surface area contributed by atoms with E-state index in [0.717, 1.165) is 6.54 Å². The number of carbonyl (C=O) groups is 1. The lowest BCUT2D eigenvalue weighted by molar-refractivity contribution is 0.108. The Morgan fingerprint density at radius 1 is 1.64 bits per heavy atom. The average Bonchev–Trinajstić information content (AvgIpc) is 2.45. The minimum Gasteiger partial charge on any atom is -0.384 e. The lowest BCUT2D eigenvalue weighted by Gasteiger charge is -2.04. The van der Waals surface area contributed by atoms with Crippen LogP contribution in [0.5, 0.6) is 0 Å². The normalized spacial score (nSPS) is 10.9. The van der Waals surface area contributed by atoms with E-state index in [2.05, 4.69) is 0 Å². The Labute approximate surface area is 88.7 Å². The summed E-state index contributed by atoms with van der Waals surface area (Å²) in [6, 6.07) is 1.79. The monoisotopic (exact) mass is 212 g/mol. The maximum absolute atomic E-state index is 11.7. The highest BCUT2D eigenvalue weighted by Crippen LogP contribution is 2.22. The lowest BCUT2D eigenvalue weighted by Crippen LogP contribution is -2.05. The molecule has 1 aromatic rings. The molecule has 0 saturated heterocycles. The Balaban J connectivity index is 2.85. The second-order valence-electron chi connectivity index (χ2n) is 3.35. The Kier molecular flexibility index (Phi) is 3.63. The van der Waals surface area contributed by atoms with Crippen LogP contribution in [0.3, 0.4) is 0 Å². The molecule has 0 radical (unpaired) electrons. The highest BCUT2D eigenvalue weighted by Gasteiger charge is 2.14. The van der Waals surface area contributed by atoms with Gasteiger partial charge in [0.25, 0.3) is 0 Å². The first-order valence-electron chi connectivity index (χ1n) is 4.71. The summed E-state index contributed by atoms with van der Waals surface area (Å²) in [5.74, 6) is 0.575. The maximum Gasteiger partial charge on any atom is 0.223 e. The minimum absolute atomic E-state index is 0.0599. The maximum atomic E-state index is 11.7. The van der Waals surface area contributed by atoms with Gasteiger partial charge in [0.1, 0.15) is 5.82 Å². The number of nitrogens with two attached hydrogens (primary N) is 1. The molecule has 78 valence electrons. The van der Waals surface area contributed by atoms with Crippen molar-refractivity contribution in [3.05, 3.63) is 17.8 Å². The summed E-state index contributed by atoms with van der Waals surface area (Å²) in [6.45, 7) is 6.79. The van der Waals surface area contributed by atoms with E-state index < -0.39 is 0 Å². The van der Waals surface area contributed by atoms with Gasteiger partial charge in [0.2, 0.25) is 5.12 Å². The minimum atomic E-state index is 0.0599. The third kappa shape index (κ3) is 2.32. The van der Waals surface area contributed by atoms with Crippen LogP contribution in [0.4, 0.5) is 5.82 Å². The van der Waals surface area contributed by atoms with Crippen LogP contribution in [0.2, 0.25) is 0 Å². The number of aromatic nitrogens is 1. The summed E-state index contributed by atoms with van der Waals surface area (Å²) in [5, 5.41) is 0.358. The first-order valence-corrected chi connectivity index (χ1v) is 5.59. The van der Waals surface area contributed by atoms with Gasteiger partial charge in [0, 0.05) is 18.0 Å². The fraction of sp³-hybridized carbons (Fsp3) is 0.500. The molecule has 0 bridgehead atoms. The van der Waals surface area contributed by atoms with Crippen LogP contribution in [-0.2, 0) is 6.54 Å². The van der Waals surface area contributed by atoms with Crippen molar-refractivity contribution in [1.29, 1.82) is 0 Å². The second-order valence-corrected chi connectivity index (χ2v) is 4.90. The summed E-state index contributed by atoms with van der Waals surface area (Å²) in [4.78, 5) is 11.7. The number of rotatable bonds is 3. The number of anilines is 1. The number of hydrogen-bond donors (Lipinski definition) is 1. The van der Waals surface area contributed by atoms with Crippen molar-refractivity contribution in [3.63, 3.8) is 0 Å². The highest BCUT2D eigenvalue weighted by molar-refractivity contribution is 8.14. The number of nitrogen functional groups attached to an aromatic ring is 1. The van der Waals surface area contributed by atoms with E-state index in [9.17, 15) is 4.79 Å². The molecule has 1 aromatic heterocycles. The van der Waals surface area contributed by atoms with E-state index in [1.807, 2.05) is 31.5 Å². The number of carbonyl (C=O) groups excluding carboxylic acids is 1. The number of thioether (sulfide) groups is 1. The van der Waals surface area contributed by atoms with Gasteiger partial charge in [-0.3, -0.25) is 4.79 Å². The van der Waals surface area contributed by atoms with E-state index >= 15 is 0 Å². The van der Waals surface area contributed by atoms with E-state index in [-0.39, 0.29) is 5.12 Å². The third-order valence-electron chi connectivity index (χ3n) is 1.91. The number of aryl methyl sites for hydroxylation is 1. The van der Waals surface area contributed by atoms with Gasteiger partial charge in [-0.25, -0.2) is 0 Å². The van der Waals surface area contributed by atoms with E-state index in [1.165, 1.54) is 11.8 Å². The van der Waals surface area contributed by atoms with Crippen LogP contribution in [0.25, 0.3) is 0 Å². The van der Waals surface area contributed by atoms with Crippen molar-refractivity contribution in [2.75, 3.05) is 5.73 Å². The highest BCUT2D eigenvalue weighted by atomic mass is 32.2. The van der Waals surface area contributed by atoms with Gasteiger partial charge in [-0.05, 0) is 13.0 Å². The van der Waals surface area contributed by atoms with Crippen molar-refractivity contribution in [3.8, 4) is 0 Å². The van der Waals surface area contributed by atoms with Crippen LogP contribution < -0.4 is 5.73 Å². The van der Waals surface area contributed by atoms with Gasteiger partial charge in [-0.1, -0.05) is 25.6 Å². The molecule has 0 unspecified atom stereocenters. The summed E-state index contributed by atoms with van der Waals surface area (Å²) < 4.78 is 1.87. The molecule has 0 amide bonds. The molecular formula is C10H16N2OS. The van der Waals surface area contributed by atoms with Crippen molar-refractivity contribution in [2.24, 2.45) is 0 Å². The predicted molar refractivity (Wildman–Crippen MR) is 61.6 cm³/mol. The standard InChI is InChI=1S/C10H16N2OS/c1-4-12-6-5-8(9(12)11)10(13)14-7(2)3/h5-7H,4,11H2,1-3H3. The van der Waals surface area contributed by atoms with Gasteiger partial charge in [-0.15, -0.1) is 0 Å². The fourth-order valence-corrected chi connectivity index (χ4v) is 1.94. The second kappa shape index (κ2) is 4.55. The molecule has 0 aliphatic carbocycles. The van der Waals surface area contributed by atoms with Gasteiger partial charge in [0.05, 0.1) is 5.56 Å². The van der Waals surface area contributed by atoms with Gasteiger partial charge >= 0.3 is 0 Å². The molecular weight excluding hydrogens is 196 g/mol. The molecule has 0 atom stereocenters. The fourth-order valence-electron chi connectivity index (χ4n) is 1.21. The zero-order valence-electron chi connectivity index (χ0n) is 8.78. The number of hydrogen-bond acceptors (Lipinski definition) is 3. The third-order valence-corrected chi connectivity index (χ3v) is 2.82. The molecule has 0 aliphatic rings. The van der Waals surface area contributed by atoms with Crippen molar-refractivity contribution >= 4 is 22.7 Å². The molecule has 14 heavy (non-hydrogen) atoms. The lowest BCUT2D eigenvalue weighted by atomic mass is 10.3. The molecule has 0 spiro atoms. The van der Waals surface area contributed by atoms with E-state index in [4.69, 9.17) is 5.73 Å². The van der Waals surface area contributed by atoms with Crippen LogP contribution in [0, 0.1) is 0 Å². The quantitative estimate of drug-likeness (QED) is 0.836. The van der Waals surface area contributed by atoms with Crippen molar-refractivity contribution in [2.45, 2.75) is 32.6 Å². The Morgan fingerprint density at radius 2 is 2.29 bits per heavy atom. The van der Waals surface area contributed by atoms with Crippen molar-refractivity contribution < 1.29 is 4.79 Å². The molecule has 1 heterocycles. The molecule has 1 rings (SSSR count). The smallest absolute Gasteiger partial charge is 0.223 e. The summed E-state index contributed by atoms with van der Waals surface area (Å²) in [5.41, 5.74) is 6.45. The molecule has 0 fully saturated rings. The Morgan fingerprint density at radius 3 is 2.71 bits per heavy atom. The van der Waals surface area contributed by atoms with Crippen LogP contribution in [0.1, 0.15) is 31.1 Å². The first-order chi connectivity index (χ1) is 6.56. The largest absolute Gasteiger partial charge is 0.384 e. The summed E-state index contributed by atoms with van der Waals surface area (Å²) in [6.07, 6.45) is 1.85. The molecule has 4 heteroatoms. The zero-order chi connectivity index (χ0) is 10.7. The predicted octanol–water partition coefficient (Wildman–Crippen LogP) is 2.37. The summed E-state index contributed by atoms with van der Waals surface area (Å²) in [7, 11) is 0. The molecule has 0 saturated carbocycles. The molecule has 0 aliphatic heterocycles. The topological polar surface area (TPSA) is 48.0 Å². The number of nitrogens with zero attached hydrogens (tertiary/aromatic N) is 1. The SMILES string of the molecule is CCn1ccc(C(=O)SC(C)C)c1N. The molecule has 3 nitrogen and oxygen atoms in total.